The van der Waals surface area contributed by atoms with Crippen molar-refractivity contribution in [3.8, 4) is 0 Å². The van der Waals surface area contributed by atoms with E-state index < -0.39 is 0 Å². The molecule has 0 aromatic heterocycles. The lowest BCUT2D eigenvalue weighted by Crippen LogP contribution is -1.94. The van der Waals surface area contributed by atoms with Gasteiger partial charge in [-0.15, -0.1) is 0 Å². The van der Waals surface area contributed by atoms with E-state index in [2.05, 4.69) is 12.2 Å². The summed E-state index contributed by atoms with van der Waals surface area (Å²) in [6.07, 6.45) is 25.1. The second kappa shape index (κ2) is 9.23. The zero-order valence-corrected chi connectivity index (χ0v) is 12.4. The van der Waals surface area contributed by atoms with Crippen LogP contribution in [0.25, 0.3) is 0 Å². The van der Waals surface area contributed by atoms with Crippen LogP contribution < -0.4 is 0 Å². The number of ether oxygens (including phenoxy) is 1. The molecule has 0 amide bonds. The smallest absolute Gasteiger partial charge is 0.0864 e. The van der Waals surface area contributed by atoms with Gasteiger partial charge in [0.1, 0.15) is 0 Å². The van der Waals surface area contributed by atoms with Gasteiger partial charge in [-0.05, 0) is 49.7 Å². The molecule has 108 valence electrons. The fourth-order valence-corrected chi connectivity index (χ4v) is 3.37. The number of rotatable bonds is 4. The fraction of sp³-hybridized carbons (Fsp3) is 0.778. The monoisotopic (exact) mass is 262 g/mol. The first kappa shape index (κ1) is 14.7. The van der Waals surface area contributed by atoms with Crippen molar-refractivity contribution < 1.29 is 4.74 Å². The van der Waals surface area contributed by atoms with Crippen molar-refractivity contribution in [3.05, 3.63) is 24.7 Å². The zero-order valence-electron chi connectivity index (χ0n) is 12.4. The fourth-order valence-electron chi connectivity index (χ4n) is 3.37. The first-order chi connectivity index (χ1) is 9.45. The Labute approximate surface area is 119 Å². The molecule has 0 N–H and O–H groups in total. The molecule has 2 saturated carbocycles. The van der Waals surface area contributed by atoms with Crippen molar-refractivity contribution in [2.45, 2.75) is 77.0 Å². The summed E-state index contributed by atoms with van der Waals surface area (Å²) in [6.45, 7) is 0. The molecule has 0 aromatic rings. The Morgan fingerprint density at radius 3 is 1.26 bits per heavy atom. The van der Waals surface area contributed by atoms with Gasteiger partial charge < -0.3 is 4.74 Å². The van der Waals surface area contributed by atoms with Crippen LogP contribution in [0.2, 0.25) is 0 Å². The number of hydrogen-bond acceptors (Lipinski definition) is 1. The van der Waals surface area contributed by atoms with Gasteiger partial charge in [0.05, 0.1) is 12.5 Å². The van der Waals surface area contributed by atoms with Gasteiger partial charge >= 0.3 is 0 Å². The highest BCUT2D eigenvalue weighted by Crippen LogP contribution is 2.24. The molecule has 2 rings (SSSR count). The lowest BCUT2D eigenvalue weighted by atomic mass is 10.0. The van der Waals surface area contributed by atoms with Gasteiger partial charge in [-0.25, -0.2) is 0 Å². The summed E-state index contributed by atoms with van der Waals surface area (Å²) in [6, 6.07) is 0. The Balaban J connectivity index is 1.63. The maximum atomic E-state index is 5.56. The van der Waals surface area contributed by atoms with Crippen LogP contribution in [0.5, 0.6) is 0 Å². The van der Waals surface area contributed by atoms with Crippen LogP contribution in [0.15, 0.2) is 24.7 Å². The van der Waals surface area contributed by atoms with Crippen molar-refractivity contribution in [2.24, 2.45) is 11.8 Å². The van der Waals surface area contributed by atoms with Gasteiger partial charge in [0.15, 0.2) is 0 Å². The predicted molar refractivity (Wildman–Crippen MR) is 81.7 cm³/mol. The SMILES string of the molecule is C(=CC1CCCCCC1)OC=CC1CCCCCC1. The molecule has 0 radical (unpaired) electrons. The molecule has 0 atom stereocenters. The van der Waals surface area contributed by atoms with Crippen LogP contribution in [0.3, 0.4) is 0 Å². The van der Waals surface area contributed by atoms with E-state index in [-0.39, 0.29) is 0 Å². The average molecular weight is 262 g/mol. The van der Waals surface area contributed by atoms with Crippen LogP contribution >= 0.6 is 0 Å². The molecular weight excluding hydrogens is 232 g/mol. The van der Waals surface area contributed by atoms with Crippen molar-refractivity contribution in [1.29, 1.82) is 0 Å². The largest absolute Gasteiger partial charge is 0.473 e. The molecule has 0 aliphatic heterocycles. The molecule has 2 fully saturated rings. The van der Waals surface area contributed by atoms with E-state index in [1.165, 1.54) is 77.0 Å². The van der Waals surface area contributed by atoms with Crippen LogP contribution in [-0.2, 0) is 4.74 Å². The Morgan fingerprint density at radius 1 is 0.526 bits per heavy atom. The van der Waals surface area contributed by atoms with Gasteiger partial charge in [-0.1, -0.05) is 51.4 Å². The first-order valence-corrected chi connectivity index (χ1v) is 8.44. The summed E-state index contributed by atoms with van der Waals surface area (Å²) in [5, 5.41) is 0. The molecule has 0 aromatic carbocycles. The summed E-state index contributed by atoms with van der Waals surface area (Å²) in [5.41, 5.74) is 0. The highest BCUT2D eigenvalue weighted by molar-refractivity contribution is 4.89. The lowest BCUT2D eigenvalue weighted by molar-refractivity contribution is 0.385. The average Bonchev–Trinajstić information content (AvgIpc) is 2.83. The number of allylic oxidation sites excluding steroid dienone is 2. The Kier molecular flexibility index (Phi) is 7.13. The molecule has 0 bridgehead atoms. The van der Waals surface area contributed by atoms with Gasteiger partial charge in [0.25, 0.3) is 0 Å². The third-order valence-corrected chi connectivity index (χ3v) is 4.66. The molecule has 2 aliphatic rings. The number of hydrogen-bond donors (Lipinski definition) is 0. The Bertz CT molecular complexity index is 235. The highest BCUT2D eigenvalue weighted by atomic mass is 16.5. The second-order valence-corrected chi connectivity index (χ2v) is 6.30. The Morgan fingerprint density at radius 2 is 0.895 bits per heavy atom. The molecule has 0 saturated heterocycles. The molecule has 0 heterocycles. The summed E-state index contributed by atoms with van der Waals surface area (Å²) in [7, 11) is 0. The van der Waals surface area contributed by atoms with Crippen LogP contribution in [0, 0.1) is 11.8 Å². The standard InChI is InChI=1S/C18H30O/c1-2-6-10-17(9-5-1)13-15-19-16-14-18-11-7-3-4-8-12-18/h13-18H,1-12H2. The molecule has 0 spiro atoms. The molecular formula is C18H30O. The first-order valence-electron chi connectivity index (χ1n) is 8.44. The molecule has 1 heteroatoms. The minimum Gasteiger partial charge on any atom is -0.473 e. The minimum absolute atomic E-state index is 0.758. The molecule has 1 nitrogen and oxygen atoms in total. The lowest BCUT2D eigenvalue weighted by Gasteiger charge is -2.08. The van der Waals surface area contributed by atoms with Crippen LogP contribution in [0.1, 0.15) is 77.0 Å². The van der Waals surface area contributed by atoms with Crippen molar-refractivity contribution in [2.75, 3.05) is 0 Å². The van der Waals surface area contributed by atoms with E-state index in [0.29, 0.717) is 0 Å². The topological polar surface area (TPSA) is 9.23 Å². The van der Waals surface area contributed by atoms with Gasteiger partial charge in [0, 0.05) is 0 Å². The summed E-state index contributed by atoms with van der Waals surface area (Å²) < 4.78 is 5.56. The molecule has 19 heavy (non-hydrogen) atoms. The summed E-state index contributed by atoms with van der Waals surface area (Å²) in [5.74, 6) is 1.52. The maximum Gasteiger partial charge on any atom is 0.0864 e. The summed E-state index contributed by atoms with van der Waals surface area (Å²) in [4.78, 5) is 0. The van der Waals surface area contributed by atoms with Gasteiger partial charge in [0.2, 0.25) is 0 Å². The van der Waals surface area contributed by atoms with Crippen molar-refractivity contribution in [1.82, 2.24) is 0 Å². The van der Waals surface area contributed by atoms with Crippen LogP contribution in [-0.4, -0.2) is 0 Å². The van der Waals surface area contributed by atoms with Crippen molar-refractivity contribution >= 4 is 0 Å². The quantitative estimate of drug-likeness (QED) is 0.448. The highest BCUT2D eigenvalue weighted by Gasteiger charge is 2.09. The molecule has 2 aliphatic carbocycles. The third kappa shape index (κ3) is 6.31. The van der Waals surface area contributed by atoms with Gasteiger partial charge in [-0.2, -0.15) is 0 Å². The molecule has 0 unspecified atom stereocenters. The van der Waals surface area contributed by atoms with E-state index >= 15 is 0 Å². The van der Waals surface area contributed by atoms with E-state index in [0.717, 1.165) is 11.8 Å². The van der Waals surface area contributed by atoms with Crippen molar-refractivity contribution in [3.63, 3.8) is 0 Å². The zero-order chi connectivity index (χ0) is 13.2. The van der Waals surface area contributed by atoms with E-state index in [1.54, 1.807) is 0 Å². The second-order valence-electron chi connectivity index (χ2n) is 6.30. The Hall–Kier alpha value is -0.720. The van der Waals surface area contributed by atoms with Gasteiger partial charge in [-0.3, -0.25) is 0 Å². The maximum absolute atomic E-state index is 5.56. The third-order valence-electron chi connectivity index (χ3n) is 4.66. The minimum atomic E-state index is 0.758. The predicted octanol–water partition coefficient (Wildman–Crippen LogP) is 5.97. The van der Waals surface area contributed by atoms with E-state index in [9.17, 15) is 0 Å². The van der Waals surface area contributed by atoms with E-state index in [4.69, 9.17) is 4.74 Å². The van der Waals surface area contributed by atoms with E-state index in [1.807, 2.05) is 12.5 Å². The summed E-state index contributed by atoms with van der Waals surface area (Å²) >= 11 is 0. The van der Waals surface area contributed by atoms with Crippen LogP contribution in [0.4, 0.5) is 0 Å². The normalized spacial score (nSPS) is 24.6.